The first-order chi connectivity index (χ1) is 12.4. The second-order valence-corrected chi connectivity index (χ2v) is 5.15. The molecule has 0 fully saturated rings. The summed E-state index contributed by atoms with van der Waals surface area (Å²) in [7, 11) is 0. The number of nitro groups is 1. The van der Waals surface area contributed by atoms with Crippen molar-refractivity contribution in [2.75, 3.05) is 0 Å². The number of aliphatic carboxylic acids is 1. The molecule has 0 aliphatic carbocycles. The number of hydrogen-bond donors (Lipinski definition) is 1. The maximum Gasteiger partial charge on any atom is 0.271 e. The normalized spacial score (nSPS) is 11.7. The predicted molar refractivity (Wildman–Crippen MR) is 89.7 cm³/mol. The van der Waals surface area contributed by atoms with Gasteiger partial charge in [0.1, 0.15) is 11.9 Å². The Balaban J connectivity index is 1.95. The van der Waals surface area contributed by atoms with E-state index in [1.165, 1.54) is 31.3 Å². The van der Waals surface area contributed by atoms with Gasteiger partial charge in [0.2, 0.25) is 0 Å². The van der Waals surface area contributed by atoms with Gasteiger partial charge < -0.3 is 14.6 Å². The summed E-state index contributed by atoms with van der Waals surface area (Å²) in [6.45, 7) is 1.36. The molecule has 9 nitrogen and oxygen atoms in total. The van der Waals surface area contributed by atoms with Gasteiger partial charge in [0.25, 0.3) is 11.6 Å². The third kappa shape index (κ3) is 5.13. The van der Waals surface area contributed by atoms with E-state index in [1.807, 2.05) is 0 Å². The molecule has 1 N–H and O–H groups in total. The third-order valence-corrected chi connectivity index (χ3v) is 3.22. The summed E-state index contributed by atoms with van der Waals surface area (Å²) in [6, 6.07) is 11.6. The Kier molecular flexibility index (Phi) is 5.99. The van der Waals surface area contributed by atoms with Gasteiger partial charge in [0, 0.05) is 17.7 Å². The fourth-order valence-corrected chi connectivity index (χ4v) is 1.88. The molecule has 0 spiro atoms. The molecule has 0 saturated heterocycles. The zero-order valence-corrected chi connectivity index (χ0v) is 13.6. The number of carboxylic acids is 1. The van der Waals surface area contributed by atoms with Crippen LogP contribution in [0.15, 0.2) is 53.6 Å². The van der Waals surface area contributed by atoms with Crippen molar-refractivity contribution >= 4 is 23.8 Å². The average molecular weight is 356 g/mol. The lowest BCUT2D eigenvalue weighted by atomic mass is 10.2. The van der Waals surface area contributed by atoms with E-state index in [9.17, 15) is 24.8 Å². The average Bonchev–Trinajstić information content (AvgIpc) is 2.63. The number of carboxylic acid groups (broad SMARTS) is 1. The van der Waals surface area contributed by atoms with E-state index in [1.54, 1.807) is 24.3 Å². The summed E-state index contributed by atoms with van der Waals surface area (Å²) in [5, 5.41) is 25.1. The van der Waals surface area contributed by atoms with E-state index < -0.39 is 22.9 Å². The minimum Gasteiger partial charge on any atom is -0.546 e. The highest BCUT2D eigenvalue weighted by molar-refractivity contribution is 5.95. The summed E-state index contributed by atoms with van der Waals surface area (Å²) >= 11 is 0. The molecule has 0 aromatic heterocycles. The number of non-ortho nitro benzene ring substituents is 1. The Morgan fingerprint density at radius 2 is 1.92 bits per heavy atom. The number of nitrogens with zero attached hydrogens (tertiary/aromatic N) is 2. The van der Waals surface area contributed by atoms with Gasteiger partial charge >= 0.3 is 0 Å². The van der Waals surface area contributed by atoms with Gasteiger partial charge in [-0.1, -0.05) is 6.07 Å². The fraction of sp³-hybridized carbons (Fsp3) is 0.118. The minimum atomic E-state index is -1.32. The molecule has 2 rings (SSSR count). The molecule has 0 aliphatic heterocycles. The molecule has 1 amide bonds. The zero-order valence-electron chi connectivity index (χ0n) is 13.6. The van der Waals surface area contributed by atoms with Gasteiger partial charge in [0.05, 0.1) is 17.1 Å². The van der Waals surface area contributed by atoms with Crippen LogP contribution < -0.4 is 15.3 Å². The molecule has 1 atom stereocenters. The van der Waals surface area contributed by atoms with E-state index in [2.05, 4.69) is 10.5 Å². The van der Waals surface area contributed by atoms with Crippen molar-refractivity contribution in [3.63, 3.8) is 0 Å². The number of carbonyl (C=O) groups is 2. The predicted octanol–water partition coefficient (Wildman–Crippen LogP) is 0.876. The molecule has 0 heterocycles. The van der Waals surface area contributed by atoms with E-state index >= 15 is 0 Å². The molecular weight excluding hydrogens is 342 g/mol. The first-order valence-corrected chi connectivity index (χ1v) is 7.42. The van der Waals surface area contributed by atoms with Gasteiger partial charge in [-0.2, -0.15) is 5.10 Å². The number of ether oxygens (including phenoxy) is 1. The van der Waals surface area contributed by atoms with Gasteiger partial charge in [0.15, 0.2) is 0 Å². The second kappa shape index (κ2) is 8.38. The van der Waals surface area contributed by atoms with Crippen molar-refractivity contribution in [2.45, 2.75) is 13.0 Å². The van der Waals surface area contributed by atoms with Gasteiger partial charge in [-0.3, -0.25) is 14.9 Å². The van der Waals surface area contributed by atoms with Crippen LogP contribution in [0.3, 0.4) is 0 Å². The molecule has 2 aromatic carbocycles. The molecule has 2 aromatic rings. The number of hydrogen-bond acceptors (Lipinski definition) is 7. The van der Waals surface area contributed by atoms with Crippen LogP contribution in [0, 0.1) is 10.1 Å². The molecule has 9 heteroatoms. The van der Waals surface area contributed by atoms with Gasteiger partial charge in [-0.25, -0.2) is 5.43 Å². The largest absolute Gasteiger partial charge is 0.546 e. The van der Waals surface area contributed by atoms with Crippen LogP contribution in [0.25, 0.3) is 0 Å². The highest BCUT2D eigenvalue weighted by Gasteiger charge is 2.10. The number of amides is 1. The third-order valence-electron chi connectivity index (χ3n) is 3.22. The monoisotopic (exact) mass is 356 g/mol. The van der Waals surface area contributed by atoms with Crippen molar-refractivity contribution < 1.29 is 24.4 Å². The highest BCUT2D eigenvalue weighted by Crippen LogP contribution is 2.14. The van der Waals surface area contributed by atoms with Crippen molar-refractivity contribution in [3.8, 4) is 5.75 Å². The van der Waals surface area contributed by atoms with Crippen LogP contribution in [-0.2, 0) is 4.79 Å². The highest BCUT2D eigenvalue weighted by atomic mass is 16.6. The van der Waals surface area contributed by atoms with Gasteiger partial charge in [-0.05, 0) is 42.8 Å². The molecule has 0 saturated carbocycles. The number of benzene rings is 2. The standard InChI is InChI=1S/C17H15N3O6/c1-11(17(22)23)26-15-7-5-12(6-8-15)10-18-19-16(21)13-3-2-4-14(9-13)20(24)25/h2-11H,1H3,(H,19,21)(H,22,23)/p-1/t11-/m0/s1. The molecule has 0 radical (unpaired) electrons. The number of nitro benzene ring substituents is 1. The fourth-order valence-electron chi connectivity index (χ4n) is 1.88. The summed E-state index contributed by atoms with van der Waals surface area (Å²) in [5.74, 6) is -1.56. The summed E-state index contributed by atoms with van der Waals surface area (Å²) in [6.07, 6.45) is 0.282. The summed E-state index contributed by atoms with van der Waals surface area (Å²) in [5.41, 5.74) is 2.81. The Morgan fingerprint density at radius 3 is 2.54 bits per heavy atom. The SMILES string of the molecule is C[C@H](Oc1ccc(C=NNC(=O)c2cccc([N+](=O)[O-])c2)cc1)C(=O)[O-]. The molecular formula is C17H14N3O6-. The van der Waals surface area contributed by atoms with E-state index in [0.717, 1.165) is 6.07 Å². The van der Waals surface area contributed by atoms with Crippen LogP contribution in [0.2, 0.25) is 0 Å². The molecule has 0 aliphatic rings. The smallest absolute Gasteiger partial charge is 0.271 e. The zero-order chi connectivity index (χ0) is 19.1. The second-order valence-electron chi connectivity index (χ2n) is 5.15. The van der Waals surface area contributed by atoms with E-state index in [0.29, 0.717) is 11.3 Å². The quantitative estimate of drug-likeness (QED) is 0.444. The molecule has 26 heavy (non-hydrogen) atoms. The van der Waals surface area contributed by atoms with Crippen molar-refractivity contribution in [2.24, 2.45) is 5.10 Å². The first kappa shape index (κ1) is 18.6. The number of hydrazone groups is 1. The van der Waals surface area contributed by atoms with Crippen LogP contribution in [-0.4, -0.2) is 29.1 Å². The van der Waals surface area contributed by atoms with E-state index in [-0.39, 0.29) is 11.3 Å². The molecule has 134 valence electrons. The number of rotatable bonds is 7. The van der Waals surface area contributed by atoms with Crippen molar-refractivity contribution in [3.05, 3.63) is 69.8 Å². The van der Waals surface area contributed by atoms with Crippen LogP contribution in [0.5, 0.6) is 5.75 Å². The maximum atomic E-state index is 11.9. The number of carbonyl (C=O) groups excluding carboxylic acids is 2. The van der Waals surface area contributed by atoms with E-state index in [4.69, 9.17) is 4.74 Å². The van der Waals surface area contributed by atoms with Crippen molar-refractivity contribution in [1.29, 1.82) is 0 Å². The molecule has 0 unspecified atom stereocenters. The van der Waals surface area contributed by atoms with Crippen LogP contribution in [0.1, 0.15) is 22.8 Å². The Labute approximate surface area is 148 Å². The van der Waals surface area contributed by atoms with Crippen LogP contribution >= 0.6 is 0 Å². The Bertz CT molecular complexity index is 848. The van der Waals surface area contributed by atoms with Crippen LogP contribution in [0.4, 0.5) is 5.69 Å². The van der Waals surface area contributed by atoms with Crippen molar-refractivity contribution in [1.82, 2.24) is 5.43 Å². The Hall–Kier alpha value is -3.75. The summed E-state index contributed by atoms with van der Waals surface area (Å²) < 4.78 is 5.13. The first-order valence-electron chi connectivity index (χ1n) is 7.42. The summed E-state index contributed by atoms with van der Waals surface area (Å²) in [4.78, 5) is 32.6. The topological polar surface area (TPSA) is 134 Å². The van der Waals surface area contributed by atoms with Gasteiger partial charge in [-0.15, -0.1) is 0 Å². The lowest BCUT2D eigenvalue weighted by Crippen LogP contribution is -2.37. The number of nitrogens with one attached hydrogen (secondary N) is 1. The maximum absolute atomic E-state index is 11.9. The Morgan fingerprint density at radius 1 is 1.23 bits per heavy atom. The lowest BCUT2D eigenvalue weighted by molar-refractivity contribution is -0.384. The minimum absolute atomic E-state index is 0.108. The molecule has 0 bridgehead atoms. The lowest BCUT2D eigenvalue weighted by Gasteiger charge is -2.15.